The van der Waals surface area contributed by atoms with Crippen molar-refractivity contribution in [3.63, 3.8) is 0 Å². The second-order valence-electron chi connectivity index (χ2n) is 4.74. The fraction of sp³-hybridized carbons (Fsp3) is 0.700. The lowest BCUT2D eigenvalue weighted by Gasteiger charge is -2.30. The number of hydrogen-bond donors (Lipinski definition) is 3. The van der Waals surface area contributed by atoms with Crippen LogP contribution in [0.2, 0.25) is 0 Å². The molecule has 1 amide bonds. The Labute approximate surface area is 94.5 Å². The highest BCUT2D eigenvalue weighted by molar-refractivity contribution is 5.90. The van der Waals surface area contributed by atoms with Crippen molar-refractivity contribution in [1.82, 2.24) is 20.5 Å². The smallest absolute Gasteiger partial charge is 0.288 e. The van der Waals surface area contributed by atoms with Crippen molar-refractivity contribution >= 4 is 5.91 Å². The molecule has 16 heavy (non-hydrogen) atoms. The largest absolute Gasteiger partial charge is 0.396 e. The summed E-state index contributed by atoms with van der Waals surface area (Å²) in [5, 5.41) is 17.9. The molecule has 1 rings (SSSR count). The zero-order valence-corrected chi connectivity index (χ0v) is 9.82. The second kappa shape index (κ2) is 5.07. The van der Waals surface area contributed by atoms with Crippen molar-refractivity contribution in [1.29, 1.82) is 0 Å². The van der Waals surface area contributed by atoms with E-state index in [0.717, 1.165) is 0 Å². The molecule has 3 N–H and O–H groups in total. The Morgan fingerprint density at radius 3 is 2.75 bits per heavy atom. The predicted molar refractivity (Wildman–Crippen MR) is 58.8 cm³/mol. The molecule has 0 aromatic carbocycles. The van der Waals surface area contributed by atoms with E-state index in [-0.39, 0.29) is 29.8 Å². The van der Waals surface area contributed by atoms with E-state index in [9.17, 15) is 4.79 Å². The lowest BCUT2D eigenvalue weighted by molar-refractivity contribution is 0.0875. The second-order valence-corrected chi connectivity index (χ2v) is 4.74. The molecule has 0 spiro atoms. The number of carbonyl (C=O) groups is 1. The first kappa shape index (κ1) is 12.6. The summed E-state index contributed by atoms with van der Waals surface area (Å²) < 4.78 is 0. The molecule has 0 aliphatic carbocycles. The molecule has 1 unspecified atom stereocenters. The maximum absolute atomic E-state index is 11.7. The van der Waals surface area contributed by atoms with E-state index in [0.29, 0.717) is 6.42 Å². The molecule has 0 radical (unpaired) electrons. The SMILES string of the molecule is CC(C)(C)C(CCO)NC(=O)c1ncn[nH]1. The van der Waals surface area contributed by atoms with Crippen molar-refractivity contribution in [2.24, 2.45) is 5.41 Å². The van der Waals surface area contributed by atoms with Crippen molar-refractivity contribution in [3.8, 4) is 0 Å². The van der Waals surface area contributed by atoms with Crippen LogP contribution in [0.25, 0.3) is 0 Å². The van der Waals surface area contributed by atoms with Gasteiger partial charge in [0.2, 0.25) is 5.82 Å². The summed E-state index contributed by atoms with van der Waals surface area (Å²) in [4.78, 5) is 15.5. The topological polar surface area (TPSA) is 90.9 Å². The minimum Gasteiger partial charge on any atom is -0.396 e. The Morgan fingerprint density at radius 2 is 2.31 bits per heavy atom. The molecule has 1 aromatic heterocycles. The van der Waals surface area contributed by atoms with Crippen molar-refractivity contribution < 1.29 is 9.90 Å². The summed E-state index contributed by atoms with van der Waals surface area (Å²) in [6.45, 7) is 6.06. The number of H-pyrrole nitrogens is 1. The fourth-order valence-corrected chi connectivity index (χ4v) is 1.39. The number of amides is 1. The third-order valence-electron chi connectivity index (χ3n) is 2.40. The van der Waals surface area contributed by atoms with Crippen LogP contribution in [0.15, 0.2) is 6.33 Å². The minimum absolute atomic E-state index is 0.0403. The van der Waals surface area contributed by atoms with Crippen molar-refractivity contribution in [2.45, 2.75) is 33.2 Å². The predicted octanol–water partition coefficient (Wildman–Crippen LogP) is 0.332. The molecular formula is C10H18N4O2. The Hall–Kier alpha value is -1.43. The summed E-state index contributed by atoms with van der Waals surface area (Å²) in [5.74, 6) is -0.113. The van der Waals surface area contributed by atoms with Gasteiger partial charge in [-0.25, -0.2) is 4.98 Å². The number of rotatable bonds is 4. The van der Waals surface area contributed by atoms with Gasteiger partial charge in [0.05, 0.1) is 0 Å². The highest BCUT2D eigenvalue weighted by Gasteiger charge is 2.26. The van der Waals surface area contributed by atoms with Crippen LogP contribution in [0.1, 0.15) is 37.8 Å². The van der Waals surface area contributed by atoms with E-state index < -0.39 is 0 Å². The zero-order valence-electron chi connectivity index (χ0n) is 9.82. The fourth-order valence-electron chi connectivity index (χ4n) is 1.39. The summed E-state index contributed by atoms with van der Waals surface area (Å²) in [5.41, 5.74) is -0.113. The molecule has 0 aliphatic rings. The lowest BCUT2D eigenvalue weighted by atomic mass is 9.85. The van der Waals surface area contributed by atoms with Gasteiger partial charge in [-0.3, -0.25) is 9.89 Å². The number of nitrogens with one attached hydrogen (secondary N) is 2. The van der Waals surface area contributed by atoms with Crippen LogP contribution in [0.3, 0.4) is 0 Å². The molecule has 6 nitrogen and oxygen atoms in total. The maximum Gasteiger partial charge on any atom is 0.288 e. The van der Waals surface area contributed by atoms with E-state index in [4.69, 9.17) is 5.11 Å². The quantitative estimate of drug-likeness (QED) is 0.690. The Bertz CT molecular complexity index is 329. The molecule has 0 bridgehead atoms. The molecule has 6 heteroatoms. The molecule has 1 aromatic rings. The number of nitrogens with zero attached hydrogens (tertiary/aromatic N) is 2. The van der Waals surface area contributed by atoms with Gasteiger partial charge in [0.15, 0.2) is 0 Å². The lowest BCUT2D eigenvalue weighted by Crippen LogP contribution is -2.44. The molecule has 0 aliphatic heterocycles. The molecule has 0 fully saturated rings. The average Bonchev–Trinajstić information content (AvgIpc) is 2.68. The molecule has 1 atom stereocenters. The summed E-state index contributed by atoms with van der Waals surface area (Å²) in [6, 6.07) is -0.102. The number of hydrogen-bond acceptors (Lipinski definition) is 4. The summed E-state index contributed by atoms with van der Waals surface area (Å²) >= 11 is 0. The molecule has 0 saturated carbocycles. The van der Waals surface area contributed by atoms with Crippen LogP contribution in [0, 0.1) is 5.41 Å². The van der Waals surface area contributed by atoms with Crippen molar-refractivity contribution in [3.05, 3.63) is 12.2 Å². The van der Waals surface area contributed by atoms with Crippen LogP contribution in [0.5, 0.6) is 0 Å². The number of aliphatic hydroxyl groups is 1. The van der Waals surface area contributed by atoms with E-state index >= 15 is 0 Å². The van der Waals surface area contributed by atoms with Gasteiger partial charge in [-0.15, -0.1) is 0 Å². The highest BCUT2D eigenvalue weighted by Crippen LogP contribution is 2.21. The molecule has 90 valence electrons. The van der Waals surface area contributed by atoms with Gasteiger partial charge in [0.25, 0.3) is 5.91 Å². The summed E-state index contributed by atoms with van der Waals surface area (Å²) in [7, 11) is 0. The number of carbonyl (C=O) groups excluding carboxylic acids is 1. The van der Waals surface area contributed by atoms with Gasteiger partial charge in [0, 0.05) is 12.6 Å². The highest BCUT2D eigenvalue weighted by atomic mass is 16.3. The van der Waals surface area contributed by atoms with Crippen LogP contribution in [-0.2, 0) is 0 Å². The van der Waals surface area contributed by atoms with Gasteiger partial charge in [-0.2, -0.15) is 5.10 Å². The molecule has 1 heterocycles. The standard InChI is InChI=1S/C10H18N4O2/c1-10(2,3)7(4-5-15)13-9(16)8-11-6-12-14-8/h6-7,15H,4-5H2,1-3H3,(H,13,16)(H,11,12,14). The summed E-state index contributed by atoms with van der Waals surface area (Å²) in [6.07, 6.45) is 1.80. The third kappa shape index (κ3) is 3.30. The van der Waals surface area contributed by atoms with Crippen LogP contribution in [0.4, 0.5) is 0 Å². The monoisotopic (exact) mass is 226 g/mol. The first-order valence-corrected chi connectivity index (χ1v) is 5.22. The Morgan fingerprint density at radius 1 is 1.62 bits per heavy atom. The number of aliphatic hydroxyl groups excluding tert-OH is 1. The Balaban J connectivity index is 2.66. The van der Waals surface area contributed by atoms with E-state index in [1.807, 2.05) is 20.8 Å². The normalized spacial score (nSPS) is 13.5. The maximum atomic E-state index is 11.7. The van der Waals surface area contributed by atoms with Crippen molar-refractivity contribution in [2.75, 3.05) is 6.61 Å². The van der Waals surface area contributed by atoms with Crippen LogP contribution < -0.4 is 5.32 Å². The van der Waals surface area contributed by atoms with Gasteiger partial charge < -0.3 is 10.4 Å². The number of aromatic amines is 1. The van der Waals surface area contributed by atoms with Crippen LogP contribution >= 0.6 is 0 Å². The molecule has 0 saturated heterocycles. The Kier molecular flexibility index (Phi) is 4.00. The van der Waals surface area contributed by atoms with E-state index in [1.165, 1.54) is 6.33 Å². The van der Waals surface area contributed by atoms with Gasteiger partial charge >= 0.3 is 0 Å². The van der Waals surface area contributed by atoms with Gasteiger partial charge in [-0.05, 0) is 11.8 Å². The van der Waals surface area contributed by atoms with E-state index in [2.05, 4.69) is 20.5 Å². The van der Waals surface area contributed by atoms with Crippen LogP contribution in [-0.4, -0.2) is 38.8 Å². The minimum atomic E-state index is -0.300. The number of aromatic nitrogens is 3. The first-order chi connectivity index (χ1) is 7.45. The first-order valence-electron chi connectivity index (χ1n) is 5.22. The third-order valence-corrected chi connectivity index (χ3v) is 2.40. The van der Waals surface area contributed by atoms with E-state index in [1.54, 1.807) is 0 Å². The van der Waals surface area contributed by atoms with Gasteiger partial charge in [0.1, 0.15) is 6.33 Å². The average molecular weight is 226 g/mol. The van der Waals surface area contributed by atoms with Gasteiger partial charge in [-0.1, -0.05) is 20.8 Å². The zero-order chi connectivity index (χ0) is 12.2. The molecular weight excluding hydrogens is 208 g/mol.